The number of nitrogens with zero attached hydrogens (tertiary/aromatic N) is 4. The minimum atomic E-state index is -0.593. The van der Waals surface area contributed by atoms with Gasteiger partial charge in [0.2, 0.25) is 0 Å². The average molecular weight is 1220 g/mol. The first-order chi connectivity index (χ1) is 29.5. The Labute approximate surface area is 401 Å². The molecule has 2 aromatic heterocycles. The van der Waals surface area contributed by atoms with E-state index < -0.39 is 19.6 Å². The average Bonchev–Trinajstić information content (AvgIpc) is 3.77. The number of hydrogen-bond donors (Lipinski definition) is 2. The zero-order valence-electron chi connectivity index (χ0n) is 32.1. The molecule has 316 valence electrons. The zero-order chi connectivity index (χ0) is 43.9. The van der Waals surface area contributed by atoms with Crippen molar-refractivity contribution in [1.29, 1.82) is 0 Å². The molecule has 0 fully saturated rings. The number of benzene rings is 5. The molecule has 1 amide bonds. The van der Waals surface area contributed by atoms with Crippen LogP contribution in [-0.2, 0) is 29.0 Å². The molecule has 5 aromatic carbocycles. The number of aromatic nitrogens is 4. The number of thiol groups is 1. The summed E-state index contributed by atoms with van der Waals surface area (Å²) < 4.78 is 49.5. The van der Waals surface area contributed by atoms with Crippen molar-refractivity contribution in [2.24, 2.45) is 5.73 Å². The maximum Gasteiger partial charge on any atom is -0.0134 e. The van der Waals surface area contributed by atoms with Crippen LogP contribution in [0.3, 0.4) is 0 Å². The summed E-state index contributed by atoms with van der Waals surface area (Å²) in [5, 5.41) is 4.19. The monoisotopic (exact) mass is 1220 g/mol. The van der Waals surface area contributed by atoms with E-state index in [2.05, 4.69) is 168 Å². The summed E-state index contributed by atoms with van der Waals surface area (Å²) in [6, 6.07) is 38.3. The molecule has 60 heavy (non-hydrogen) atoms. The Kier molecular flexibility index (Phi) is 18.8. The van der Waals surface area contributed by atoms with Crippen LogP contribution in [0, 0.1) is 15.3 Å². The summed E-state index contributed by atoms with van der Waals surface area (Å²) in [5.41, 5.74) is 6.85. The van der Waals surface area contributed by atoms with Gasteiger partial charge in [0, 0.05) is 25.9 Å². The largest absolute Gasteiger partial charge is 0.0622 e. The number of ether oxygens (including phenoxy) is 2. The number of nitrogens with two attached hydrogens (primary N) is 1. The number of rotatable bonds is 4. The van der Waals surface area contributed by atoms with Crippen molar-refractivity contribution in [2.45, 2.75) is 13.1 Å². The van der Waals surface area contributed by atoms with Crippen LogP contribution < -0.4 is 31.1 Å². The Morgan fingerprint density at radius 3 is 1.57 bits per heavy atom. The molecule has 7 aromatic rings. The number of primary amides is 1. The Hall–Kier alpha value is -2.84. The van der Waals surface area contributed by atoms with Gasteiger partial charge in [-0.05, 0) is 96.7 Å². The van der Waals surface area contributed by atoms with Gasteiger partial charge in [-0.15, -0.1) is 0 Å². The van der Waals surface area contributed by atoms with Gasteiger partial charge in [-0.25, -0.2) is 18.7 Å². The van der Waals surface area contributed by atoms with Crippen molar-refractivity contribution in [3.63, 3.8) is 0 Å². The molecule has 2 aliphatic rings. The van der Waals surface area contributed by atoms with E-state index in [1.165, 1.54) is 28.0 Å². The van der Waals surface area contributed by atoms with Gasteiger partial charge in [-0.2, -0.15) is 12.6 Å². The molecule has 0 unspecified atom stereocenters. The minimum absolute atomic E-state index is 0.106. The second-order valence-corrected chi connectivity index (χ2v) is 19.6. The molecule has 0 atom stereocenters. The van der Waals surface area contributed by atoms with E-state index in [1.807, 2.05) is 10.8 Å². The first-order valence-electron chi connectivity index (χ1n) is 18.2. The van der Waals surface area contributed by atoms with E-state index in [4.69, 9.17) is 35.6 Å². The van der Waals surface area contributed by atoms with Crippen LogP contribution in [0.5, 0.6) is 11.5 Å². The molecule has 0 saturated carbocycles. The van der Waals surface area contributed by atoms with Crippen LogP contribution in [0.2, 0.25) is 0 Å². The molecule has 2 aliphatic heterocycles. The zero-order valence-corrected chi connectivity index (χ0v) is 41.3. The van der Waals surface area contributed by atoms with Crippen molar-refractivity contribution < 1.29 is 40.4 Å². The smallest absolute Gasteiger partial charge is 0.0134 e. The standard InChI is InChI=1S/C18H15P.C12H9BrFN3O2.C11H7BrFIN2O.CH4S.2ClH.Pd/c1-4-10-16(11-5-1)19(17-12-6-2-7-13-17)18-14-8-3-9-15-18;13-7-3-6-10(4-8(7)14)19-2-1-17-5-9(11(15)18)16-12(6)17;12-7-3-6-9(4-8(7)13)17-2-1-16-5-10(14)15-11(6)16;1-2;;;/h1-15H;3-5H,1-2H2,(H2,15,18);3-5H,1-2H2;2H,1H3;2*1H;/q;;;;;;+2/p-2/i;;;1D;;;. The van der Waals surface area contributed by atoms with Gasteiger partial charge in [0.25, 0.3) is 5.91 Å². The van der Waals surface area contributed by atoms with Crippen molar-refractivity contribution in [3.8, 4) is 34.3 Å². The predicted molar refractivity (Wildman–Crippen MR) is 255 cm³/mol. The summed E-state index contributed by atoms with van der Waals surface area (Å²) in [6.07, 6.45) is 3.74. The van der Waals surface area contributed by atoms with Gasteiger partial charge in [-0.1, -0.05) is 91.0 Å². The Morgan fingerprint density at radius 2 is 1.17 bits per heavy atom. The fourth-order valence-electron chi connectivity index (χ4n) is 6.02. The van der Waals surface area contributed by atoms with Crippen LogP contribution in [0.25, 0.3) is 22.8 Å². The first-order valence-corrected chi connectivity index (χ1v) is 26.2. The number of fused-ring (bicyclic) bond motifs is 6. The molecular weight excluding hydrogens is 1190 g/mol. The van der Waals surface area contributed by atoms with Gasteiger partial charge in [-0.3, -0.25) is 4.79 Å². The molecule has 4 heterocycles. The number of hydrogen-bond acceptors (Lipinski definition) is 6. The van der Waals surface area contributed by atoms with Gasteiger partial charge >= 0.3 is 35.0 Å². The van der Waals surface area contributed by atoms with E-state index in [-0.39, 0.29) is 33.7 Å². The normalized spacial score (nSPS) is 12.1. The van der Waals surface area contributed by atoms with E-state index in [0.29, 0.717) is 51.6 Å². The van der Waals surface area contributed by atoms with Crippen molar-refractivity contribution >= 4 is 116 Å². The maximum atomic E-state index is 13.5. The first kappa shape index (κ1) is 46.7. The molecule has 8 nitrogen and oxygen atoms in total. The van der Waals surface area contributed by atoms with Gasteiger partial charge in [0.1, 0.15) is 57.4 Å². The number of carbonyl (C=O) groups is 1. The Morgan fingerprint density at radius 1 is 0.783 bits per heavy atom. The van der Waals surface area contributed by atoms with E-state index in [1.54, 1.807) is 22.9 Å². The van der Waals surface area contributed by atoms with Crippen LogP contribution in [0.4, 0.5) is 8.78 Å². The summed E-state index contributed by atoms with van der Waals surface area (Å²) >= 11 is 11.8. The molecule has 0 aliphatic carbocycles. The Bertz CT molecular complexity index is 2430. The van der Waals surface area contributed by atoms with E-state index in [0.717, 1.165) is 21.6 Å². The Balaban J connectivity index is 0.000000163. The fraction of sp³-hybridized carbons (Fsp3) is 0.119. The summed E-state index contributed by atoms with van der Waals surface area (Å²) in [6.45, 7) is 2.13. The third-order valence-corrected chi connectivity index (χ3v) is 12.7. The quantitative estimate of drug-likeness (QED) is 0.0792. The van der Waals surface area contributed by atoms with Crippen LogP contribution in [0.15, 0.2) is 137 Å². The number of imidazole rings is 2. The minimum Gasteiger partial charge on any atom is -0.0622 e. The molecule has 0 spiro atoms. The van der Waals surface area contributed by atoms with Crippen LogP contribution in [-0.4, -0.2) is 44.5 Å². The van der Waals surface area contributed by atoms with Crippen LogP contribution >= 0.6 is 94.1 Å². The number of carbonyl (C=O) groups excluding carboxylic acids is 1. The molecule has 9 rings (SSSR count). The summed E-state index contributed by atoms with van der Waals surface area (Å²) in [5.74, 6) is 0.994. The van der Waals surface area contributed by atoms with Gasteiger partial charge in [0.05, 0.1) is 33.2 Å². The number of halogens is 7. The van der Waals surface area contributed by atoms with Gasteiger partial charge in [0.15, 0.2) is 0 Å². The molecule has 18 heteroatoms. The third kappa shape index (κ3) is 12.6. The van der Waals surface area contributed by atoms with Crippen LogP contribution in [0.1, 0.15) is 11.9 Å². The van der Waals surface area contributed by atoms with Crippen molar-refractivity contribution in [3.05, 3.63) is 158 Å². The third-order valence-electron chi connectivity index (χ3n) is 8.53. The SMILES string of the molecule is Fc1cc2c(cc1Br)-c1nc(I)cn1CCO2.NC(=O)c1cn2c(n1)-c1cc(Br)c(F)cc1OCC2.[2H]CS.[Cl][Pd][Cl].c1ccc(P(c2ccccc2)c2ccccc2)cc1. The van der Waals surface area contributed by atoms with E-state index in [9.17, 15) is 13.6 Å². The second kappa shape index (κ2) is 24.1. The maximum absolute atomic E-state index is 13.5. The number of amides is 1. The van der Waals surface area contributed by atoms with Crippen molar-refractivity contribution in [2.75, 3.05) is 19.4 Å². The van der Waals surface area contributed by atoms with Crippen molar-refractivity contribution in [1.82, 2.24) is 19.1 Å². The molecule has 0 saturated heterocycles. The second-order valence-electron chi connectivity index (χ2n) is 12.2. The van der Waals surface area contributed by atoms with E-state index >= 15 is 0 Å². The van der Waals surface area contributed by atoms with Gasteiger partial charge < -0.3 is 24.3 Å². The fourth-order valence-corrected chi connectivity index (χ4v) is 9.58. The summed E-state index contributed by atoms with van der Waals surface area (Å²) in [4.78, 5) is 19.8. The molecule has 0 radical (unpaired) electrons. The predicted octanol–water partition coefficient (Wildman–Crippen LogP) is 10.8. The molecule has 0 bridgehead atoms. The molecular formula is C42H35Br2Cl2F2IN5O3PPdS. The summed E-state index contributed by atoms with van der Waals surface area (Å²) in [7, 11) is 9.18. The molecule has 2 N–H and O–H groups in total. The topological polar surface area (TPSA) is 97.2 Å².